The molecule has 0 bridgehead atoms. The van der Waals surface area contributed by atoms with Crippen LogP contribution in [0.4, 0.5) is 0 Å². The fourth-order valence-electron chi connectivity index (χ4n) is 1.39. The Balaban J connectivity index is 0.000000796. The first-order valence-corrected chi connectivity index (χ1v) is 5.97. The van der Waals surface area contributed by atoms with Crippen molar-refractivity contribution in [2.24, 2.45) is 0 Å². The Hall–Kier alpha value is -2.57. The molecule has 106 valence electrons. The number of carboxylic acids is 1. The highest BCUT2D eigenvalue weighted by molar-refractivity contribution is 5.73. The van der Waals surface area contributed by atoms with Gasteiger partial charge in [0.25, 0.3) is 0 Å². The van der Waals surface area contributed by atoms with Gasteiger partial charge >= 0.3 is 5.97 Å². The number of aliphatic hydroxyl groups excluding tert-OH is 1. The van der Waals surface area contributed by atoms with E-state index >= 15 is 0 Å². The van der Waals surface area contributed by atoms with Crippen LogP contribution in [-0.2, 0) is 4.79 Å². The fraction of sp³-hybridized carbons (Fsp3) is 0.357. The first-order valence-electron chi connectivity index (χ1n) is 5.97. The number of rotatable bonds is 6. The molecule has 0 aliphatic carbocycles. The van der Waals surface area contributed by atoms with Crippen molar-refractivity contribution in [1.82, 2.24) is 0 Å². The first-order chi connectivity index (χ1) is 9.56. The Morgan fingerprint density at radius 2 is 1.85 bits per heavy atom. The summed E-state index contributed by atoms with van der Waals surface area (Å²) in [5.41, 5.74) is 0. The van der Waals surface area contributed by atoms with Gasteiger partial charge in [-0.1, -0.05) is 31.5 Å². The summed E-state index contributed by atoms with van der Waals surface area (Å²) < 4.78 is 5.24. The summed E-state index contributed by atoms with van der Waals surface area (Å²) >= 11 is 0. The fourth-order valence-corrected chi connectivity index (χ4v) is 1.39. The number of carboxylic acid groups (broad SMARTS) is 1. The molecule has 0 spiro atoms. The molecule has 2 atom stereocenters. The normalized spacial score (nSPS) is 11.8. The number of nitriles is 2. The second-order valence-electron chi connectivity index (χ2n) is 3.77. The maximum atomic E-state index is 10.9. The first kappa shape index (κ1) is 17.4. The summed E-state index contributed by atoms with van der Waals surface area (Å²) in [4.78, 5) is 10.9. The zero-order chi connectivity index (χ0) is 15.4. The SMILES string of the molecule is CCCC(O)C(Oc1ccccc1)C(=O)O.N#CC#N. The molecule has 1 rings (SSSR count). The Labute approximate surface area is 117 Å². The van der Waals surface area contributed by atoms with Crippen LogP contribution in [-0.4, -0.2) is 28.4 Å². The van der Waals surface area contributed by atoms with E-state index in [0.29, 0.717) is 18.6 Å². The minimum absolute atomic E-state index is 0.407. The third-order valence-corrected chi connectivity index (χ3v) is 2.23. The number of hydrogen-bond donors (Lipinski definition) is 2. The van der Waals surface area contributed by atoms with Crippen LogP contribution < -0.4 is 4.74 Å². The van der Waals surface area contributed by atoms with E-state index in [4.69, 9.17) is 20.4 Å². The zero-order valence-corrected chi connectivity index (χ0v) is 11.1. The lowest BCUT2D eigenvalue weighted by Crippen LogP contribution is -2.39. The van der Waals surface area contributed by atoms with Gasteiger partial charge in [-0.3, -0.25) is 0 Å². The van der Waals surface area contributed by atoms with Crippen LogP contribution in [0, 0.1) is 22.7 Å². The predicted molar refractivity (Wildman–Crippen MR) is 70.6 cm³/mol. The molecule has 0 fully saturated rings. The molecule has 2 N–H and O–H groups in total. The third kappa shape index (κ3) is 7.00. The van der Waals surface area contributed by atoms with Gasteiger partial charge in [0.15, 0.2) is 12.1 Å². The number of para-hydroxylation sites is 1. The molecule has 0 saturated heterocycles. The average Bonchev–Trinajstić information content (AvgIpc) is 2.46. The lowest BCUT2D eigenvalue weighted by molar-refractivity contribution is -0.150. The van der Waals surface area contributed by atoms with Crippen LogP contribution in [0.5, 0.6) is 5.75 Å². The molecule has 2 unspecified atom stereocenters. The summed E-state index contributed by atoms with van der Waals surface area (Å²) in [6, 6.07) is 11.1. The zero-order valence-electron chi connectivity index (χ0n) is 11.1. The van der Waals surface area contributed by atoms with Crippen molar-refractivity contribution in [2.75, 3.05) is 0 Å². The molecule has 6 nitrogen and oxygen atoms in total. The van der Waals surface area contributed by atoms with E-state index in [1.54, 1.807) is 24.3 Å². The number of hydrogen-bond acceptors (Lipinski definition) is 5. The van der Waals surface area contributed by atoms with Crippen molar-refractivity contribution < 1.29 is 19.7 Å². The monoisotopic (exact) mass is 276 g/mol. The molecule has 1 aromatic carbocycles. The summed E-state index contributed by atoms with van der Waals surface area (Å²) in [5, 5.41) is 33.1. The van der Waals surface area contributed by atoms with Crippen LogP contribution in [0.1, 0.15) is 19.8 Å². The number of nitrogens with zero attached hydrogens (tertiary/aromatic N) is 2. The number of carbonyl (C=O) groups is 1. The van der Waals surface area contributed by atoms with Gasteiger partial charge in [0.05, 0.1) is 0 Å². The number of ether oxygens (including phenoxy) is 1. The summed E-state index contributed by atoms with van der Waals surface area (Å²) in [6.07, 6.45) is -1.07. The summed E-state index contributed by atoms with van der Waals surface area (Å²) in [5.74, 6) is -0.699. The van der Waals surface area contributed by atoms with Gasteiger partial charge in [-0.05, 0) is 18.6 Å². The molecule has 20 heavy (non-hydrogen) atoms. The molecule has 0 amide bonds. The Bertz CT molecular complexity index is 464. The molecule has 0 aliphatic heterocycles. The highest BCUT2D eigenvalue weighted by Crippen LogP contribution is 2.14. The van der Waals surface area contributed by atoms with Crippen LogP contribution in [0.3, 0.4) is 0 Å². The smallest absolute Gasteiger partial charge is 0.347 e. The van der Waals surface area contributed by atoms with E-state index in [1.165, 1.54) is 12.1 Å². The summed E-state index contributed by atoms with van der Waals surface area (Å²) in [6.45, 7) is 1.88. The molecule has 0 heterocycles. The molecule has 6 heteroatoms. The van der Waals surface area contributed by atoms with Gasteiger partial charge in [-0.15, -0.1) is 0 Å². The second kappa shape index (κ2) is 10.4. The number of benzene rings is 1. The average molecular weight is 276 g/mol. The minimum Gasteiger partial charge on any atom is -0.478 e. The predicted octanol–water partition coefficient (Wildman–Crippen LogP) is 1.71. The van der Waals surface area contributed by atoms with Crippen LogP contribution in [0.25, 0.3) is 0 Å². The quantitative estimate of drug-likeness (QED) is 0.817. The molecule has 0 radical (unpaired) electrons. The van der Waals surface area contributed by atoms with Crippen molar-refractivity contribution in [3.8, 4) is 17.9 Å². The highest BCUT2D eigenvalue weighted by Gasteiger charge is 2.27. The van der Waals surface area contributed by atoms with E-state index in [9.17, 15) is 9.90 Å². The van der Waals surface area contributed by atoms with E-state index in [2.05, 4.69) is 0 Å². The topological polar surface area (TPSA) is 114 Å². The number of aliphatic hydroxyl groups is 1. The van der Waals surface area contributed by atoms with E-state index in [0.717, 1.165) is 0 Å². The van der Waals surface area contributed by atoms with Gasteiger partial charge < -0.3 is 14.9 Å². The Kier molecular flexibility index (Phi) is 9.03. The Morgan fingerprint density at radius 1 is 1.30 bits per heavy atom. The van der Waals surface area contributed by atoms with Crippen LogP contribution in [0.15, 0.2) is 30.3 Å². The highest BCUT2D eigenvalue weighted by atomic mass is 16.5. The second-order valence-corrected chi connectivity index (χ2v) is 3.77. The van der Waals surface area contributed by atoms with Crippen molar-refractivity contribution in [3.05, 3.63) is 30.3 Å². The Morgan fingerprint density at radius 3 is 2.25 bits per heavy atom. The van der Waals surface area contributed by atoms with E-state index < -0.39 is 18.2 Å². The van der Waals surface area contributed by atoms with Crippen molar-refractivity contribution in [3.63, 3.8) is 0 Å². The molecule has 0 aliphatic rings. The van der Waals surface area contributed by atoms with Crippen LogP contribution in [0.2, 0.25) is 0 Å². The van der Waals surface area contributed by atoms with Gasteiger partial charge in [-0.2, -0.15) is 10.5 Å². The molecule has 0 saturated carbocycles. The standard InChI is InChI=1S/C12H16O4.C2N2/c1-2-6-10(13)11(12(14)15)16-9-7-4-3-5-8-9;3-1-2-4/h3-5,7-8,10-11,13H,2,6H2,1H3,(H,14,15);. The number of aliphatic carboxylic acids is 1. The largest absolute Gasteiger partial charge is 0.478 e. The molecule has 1 aromatic rings. The minimum atomic E-state index is -1.21. The van der Waals surface area contributed by atoms with E-state index in [1.807, 2.05) is 13.0 Å². The molecule has 0 aromatic heterocycles. The van der Waals surface area contributed by atoms with Gasteiger partial charge in [0.2, 0.25) is 6.10 Å². The van der Waals surface area contributed by atoms with Crippen molar-refractivity contribution in [1.29, 1.82) is 10.5 Å². The van der Waals surface area contributed by atoms with Gasteiger partial charge in [-0.25, -0.2) is 4.79 Å². The van der Waals surface area contributed by atoms with Crippen LogP contribution >= 0.6 is 0 Å². The lowest BCUT2D eigenvalue weighted by Gasteiger charge is -2.20. The summed E-state index contributed by atoms with van der Waals surface area (Å²) in [7, 11) is 0. The van der Waals surface area contributed by atoms with E-state index in [-0.39, 0.29) is 0 Å². The van der Waals surface area contributed by atoms with Gasteiger partial charge in [0.1, 0.15) is 11.9 Å². The lowest BCUT2D eigenvalue weighted by atomic mass is 10.1. The molecular weight excluding hydrogens is 260 g/mol. The van der Waals surface area contributed by atoms with Gasteiger partial charge in [0, 0.05) is 0 Å². The van der Waals surface area contributed by atoms with Crippen molar-refractivity contribution >= 4 is 5.97 Å². The third-order valence-electron chi connectivity index (χ3n) is 2.23. The maximum absolute atomic E-state index is 10.9. The maximum Gasteiger partial charge on any atom is 0.347 e. The van der Waals surface area contributed by atoms with Crippen molar-refractivity contribution in [2.45, 2.75) is 32.0 Å². The molecular formula is C14H16N2O4.